The summed E-state index contributed by atoms with van der Waals surface area (Å²) in [6.45, 7) is 9.98. The van der Waals surface area contributed by atoms with Crippen molar-refractivity contribution in [3.63, 3.8) is 0 Å². The van der Waals surface area contributed by atoms with Gasteiger partial charge in [-0.3, -0.25) is 0 Å². The number of anilines is 1. The molecule has 0 heterocycles. The van der Waals surface area contributed by atoms with Crippen molar-refractivity contribution < 1.29 is 4.74 Å². The summed E-state index contributed by atoms with van der Waals surface area (Å²) in [6.07, 6.45) is 1.08. The maximum absolute atomic E-state index is 5.65. The molecule has 0 aromatic heterocycles. The first-order valence-corrected chi connectivity index (χ1v) is 5.98. The van der Waals surface area contributed by atoms with Gasteiger partial charge in [0.25, 0.3) is 0 Å². The molecule has 0 amide bonds. The lowest BCUT2D eigenvalue weighted by atomic mass is 10.1. The monoisotopic (exact) mass is 221 g/mol. The molecule has 0 saturated carbocycles. The molecule has 0 atom stereocenters. The Morgan fingerprint density at radius 1 is 1.25 bits per heavy atom. The van der Waals surface area contributed by atoms with Gasteiger partial charge in [0.15, 0.2) is 0 Å². The zero-order chi connectivity index (χ0) is 12.0. The predicted octanol–water partition coefficient (Wildman–Crippen LogP) is 3.48. The Morgan fingerprint density at radius 3 is 2.62 bits per heavy atom. The van der Waals surface area contributed by atoms with Crippen LogP contribution in [0.1, 0.15) is 33.3 Å². The van der Waals surface area contributed by atoms with E-state index in [1.165, 1.54) is 11.3 Å². The van der Waals surface area contributed by atoms with E-state index in [4.69, 9.17) is 4.74 Å². The summed E-state index contributed by atoms with van der Waals surface area (Å²) in [6, 6.07) is 8.52. The van der Waals surface area contributed by atoms with Gasteiger partial charge in [-0.05, 0) is 44.9 Å². The van der Waals surface area contributed by atoms with Gasteiger partial charge in [0, 0.05) is 12.2 Å². The standard InChI is InChI=1S/C14H23NO/c1-5-12-7-6-8-13(11-12)15-9-10-16-14(2,3)4/h6-8,11,15H,5,9-10H2,1-4H3. The first kappa shape index (κ1) is 13.0. The van der Waals surface area contributed by atoms with Gasteiger partial charge < -0.3 is 10.1 Å². The Hall–Kier alpha value is -1.02. The molecule has 16 heavy (non-hydrogen) atoms. The number of nitrogens with one attached hydrogen (secondary N) is 1. The SMILES string of the molecule is CCc1cccc(NCCOC(C)(C)C)c1. The Morgan fingerprint density at radius 2 is 2.00 bits per heavy atom. The van der Waals surface area contributed by atoms with Gasteiger partial charge >= 0.3 is 0 Å². The molecule has 2 heteroatoms. The Labute approximate surface area is 99.0 Å². The van der Waals surface area contributed by atoms with Crippen molar-refractivity contribution in [2.45, 2.75) is 39.7 Å². The van der Waals surface area contributed by atoms with Crippen molar-refractivity contribution in [1.29, 1.82) is 0 Å². The van der Waals surface area contributed by atoms with E-state index in [9.17, 15) is 0 Å². The molecule has 0 saturated heterocycles. The van der Waals surface area contributed by atoms with Gasteiger partial charge in [-0.15, -0.1) is 0 Å². The highest BCUT2D eigenvalue weighted by molar-refractivity contribution is 5.45. The highest BCUT2D eigenvalue weighted by Gasteiger charge is 2.08. The molecule has 0 bridgehead atoms. The van der Waals surface area contributed by atoms with Crippen LogP contribution in [-0.2, 0) is 11.2 Å². The molecule has 1 N–H and O–H groups in total. The minimum Gasteiger partial charge on any atom is -0.383 e. The normalized spacial score (nSPS) is 11.5. The number of hydrogen-bond donors (Lipinski definition) is 1. The zero-order valence-corrected chi connectivity index (χ0v) is 10.8. The van der Waals surface area contributed by atoms with E-state index in [1.54, 1.807) is 0 Å². The van der Waals surface area contributed by atoms with Gasteiger partial charge in [0.05, 0.1) is 12.2 Å². The summed E-state index contributed by atoms with van der Waals surface area (Å²) in [4.78, 5) is 0. The number of benzene rings is 1. The van der Waals surface area contributed by atoms with E-state index >= 15 is 0 Å². The third-order valence-electron chi connectivity index (χ3n) is 2.30. The van der Waals surface area contributed by atoms with Crippen molar-refractivity contribution in [2.24, 2.45) is 0 Å². The van der Waals surface area contributed by atoms with Gasteiger partial charge in [-0.1, -0.05) is 19.1 Å². The maximum atomic E-state index is 5.65. The van der Waals surface area contributed by atoms with E-state index in [0.29, 0.717) is 0 Å². The number of aryl methyl sites for hydroxylation is 1. The molecule has 0 aliphatic carbocycles. The van der Waals surface area contributed by atoms with E-state index in [0.717, 1.165) is 19.6 Å². The van der Waals surface area contributed by atoms with Gasteiger partial charge in [0.2, 0.25) is 0 Å². The summed E-state index contributed by atoms with van der Waals surface area (Å²) in [5.41, 5.74) is 2.49. The second kappa shape index (κ2) is 5.90. The molecule has 0 spiro atoms. The van der Waals surface area contributed by atoms with Crippen LogP contribution in [0.25, 0.3) is 0 Å². The Balaban J connectivity index is 2.32. The van der Waals surface area contributed by atoms with E-state index < -0.39 is 0 Å². The number of rotatable bonds is 5. The molecule has 1 aromatic carbocycles. The molecule has 0 unspecified atom stereocenters. The summed E-state index contributed by atoms with van der Waals surface area (Å²) in [5.74, 6) is 0. The Bertz CT molecular complexity index is 315. The van der Waals surface area contributed by atoms with Crippen LogP contribution < -0.4 is 5.32 Å². The first-order valence-electron chi connectivity index (χ1n) is 5.98. The molecule has 0 fully saturated rings. The second-order valence-electron chi connectivity index (χ2n) is 4.94. The fraction of sp³-hybridized carbons (Fsp3) is 0.571. The smallest absolute Gasteiger partial charge is 0.0646 e. The molecule has 90 valence electrons. The lowest BCUT2D eigenvalue weighted by Crippen LogP contribution is -2.23. The molecular formula is C14H23NO. The fourth-order valence-electron chi connectivity index (χ4n) is 1.45. The largest absolute Gasteiger partial charge is 0.383 e. The third-order valence-corrected chi connectivity index (χ3v) is 2.30. The summed E-state index contributed by atoms with van der Waals surface area (Å²) < 4.78 is 5.65. The van der Waals surface area contributed by atoms with Crippen molar-refractivity contribution in [1.82, 2.24) is 0 Å². The fourth-order valence-corrected chi connectivity index (χ4v) is 1.45. The lowest BCUT2D eigenvalue weighted by molar-refractivity contribution is 0.00333. The van der Waals surface area contributed by atoms with E-state index in [-0.39, 0.29) is 5.60 Å². The van der Waals surface area contributed by atoms with E-state index in [1.807, 2.05) is 0 Å². The van der Waals surface area contributed by atoms with Gasteiger partial charge in [-0.25, -0.2) is 0 Å². The molecule has 0 radical (unpaired) electrons. The summed E-state index contributed by atoms with van der Waals surface area (Å²) >= 11 is 0. The third kappa shape index (κ3) is 5.17. The summed E-state index contributed by atoms with van der Waals surface area (Å²) in [5, 5.41) is 3.37. The molecule has 1 rings (SSSR count). The quantitative estimate of drug-likeness (QED) is 0.769. The maximum Gasteiger partial charge on any atom is 0.0646 e. The molecule has 0 aliphatic rings. The van der Waals surface area contributed by atoms with Crippen LogP contribution in [0.2, 0.25) is 0 Å². The average Bonchev–Trinajstić information content (AvgIpc) is 2.23. The van der Waals surface area contributed by atoms with Crippen LogP contribution in [0.5, 0.6) is 0 Å². The minimum absolute atomic E-state index is 0.0487. The molecule has 2 nitrogen and oxygen atoms in total. The molecule has 1 aromatic rings. The molecular weight excluding hydrogens is 198 g/mol. The van der Waals surface area contributed by atoms with E-state index in [2.05, 4.69) is 57.3 Å². The first-order chi connectivity index (χ1) is 7.51. The number of ether oxygens (including phenoxy) is 1. The van der Waals surface area contributed by atoms with Gasteiger partial charge in [-0.2, -0.15) is 0 Å². The predicted molar refractivity (Wildman–Crippen MR) is 70.0 cm³/mol. The summed E-state index contributed by atoms with van der Waals surface area (Å²) in [7, 11) is 0. The van der Waals surface area contributed by atoms with Crippen LogP contribution in [-0.4, -0.2) is 18.8 Å². The van der Waals surface area contributed by atoms with Crippen LogP contribution in [0, 0.1) is 0 Å². The zero-order valence-electron chi connectivity index (χ0n) is 10.8. The van der Waals surface area contributed by atoms with Crippen molar-refractivity contribution in [2.75, 3.05) is 18.5 Å². The van der Waals surface area contributed by atoms with Crippen molar-refractivity contribution >= 4 is 5.69 Å². The lowest BCUT2D eigenvalue weighted by Gasteiger charge is -2.19. The van der Waals surface area contributed by atoms with Crippen molar-refractivity contribution in [3.8, 4) is 0 Å². The van der Waals surface area contributed by atoms with Crippen molar-refractivity contribution in [3.05, 3.63) is 29.8 Å². The number of hydrogen-bond acceptors (Lipinski definition) is 2. The highest BCUT2D eigenvalue weighted by atomic mass is 16.5. The van der Waals surface area contributed by atoms with Crippen LogP contribution in [0.3, 0.4) is 0 Å². The molecule has 0 aliphatic heterocycles. The van der Waals surface area contributed by atoms with Crippen LogP contribution in [0.4, 0.5) is 5.69 Å². The average molecular weight is 221 g/mol. The van der Waals surface area contributed by atoms with Gasteiger partial charge in [0.1, 0.15) is 0 Å². The topological polar surface area (TPSA) is 21.3 Å². The second-order valence-corrected chi connectivity index (χ2v) is 4.94. The van der Waals surface area contributed by atoms with Crippen LogP contribution >= 0.6 is 0 Å². The van der Waals surface area contributed by atoms with Crippen LogP contribution in [0.15, 0.2) is 24.3 Å². The minimum atomic E-state index is -0.0487. The highest BCUT2D eigenvalue weighted by Crippen LogP contribution is 2.11. The Kier molecular flexibility index (Phi) is 4.81.